The van der Waals surface area contributed by atoms with E-state index in [0.29, 0.717) is 0 Å². The summed E-state index contributed by atoms with van der Waals surface area (Å²) >= 11 is 7.61. The molecular formula is C11H13ClOS. The standard InChI is InChI=1S/C11H13ClOS/c1-3-14-11(12)8-9-4-6-10(13-2)7-5-9/h4-8H,3H2,1-2H3/b11-8-. The molecule has 0 aliphatic carbocycles. The van der Waals surface area contributed by atoms with Gasteiger partial charge in [-0.25, -0.2) is 0 Å². The van der Waals surface area contributed by atoms with Gasteiger partial charge in [0.15, 0.2) is 0 Å². The molecule has 0 radical (unpaired) electrons. The van der Waals surface area contributed by atoms with Crippen molar-refractivity contribution in [2.24, 2.45) is 0 Å². The molecule has 1 aromatic carbocycles. The third kappa shape index (κ3) is 3.64. The van der Waals surface area contributed by atoms with Gasteiger partial charge in [-0.1, -0.05) is 30.7 Å². The van der Waals surface area contributed by atoms with E-state index in [2.05, 4.69) is 6.92 Å². The number of hydrogen-bond acceptors (Lipinski definition) is 2. The van der Waals surface area contributed by atoms with E-state index in [-0.39, 0.29) is 0 Å². The maximum absolute atomic E-state index is 5.98. The van der Waals surface area contributed by atoms with Crippen LogP contribution in [0.25, 0.3) is 6.08 Å². The Hall–Kier alpha value is -0.600. The van der Waals surface area contributed by atoms with Crippen molar-refractivity contribution >= 4 is 29.4 Å². The zero-order valence-corrected chi connectivity index (χ0v) is 9.86. The predicted octanol–water partition coefficient (Wildman–Crippen LogP) is 3.99. The van der Waals surface area contributed by atoms with Crippen LogP contribution in [0.5, 0.6) is 5.75 Å². The fourth-order valence-electron chi connectivity index (χ4n) is 1.01. The highest BCUT2D eigenvalue weighted by molar-refractivity contribution is 8.04. The summed E-state index contributed by atoms with van der Waals surface area (Å²) in [5.41, 5.74) is 1.09. The molecule has 1 rings (SSSR count). The van der Waals surface area contributed by atoms with Crippen LogP contribution in [0.4, 0.5) is 0 Å². The zero-order valence-electron chi connectivity index (χ0n) is 8.29. The summed E-state index contributed by atoms with van der Waals surface area (Å²) in [4.78, 5) is 0. The Labute approximate surface area is 94.1 Å². The Balaban J connectivity index is 2.72. The molecule has 3 heteroatoms. The lowest BCUT2D eigenvalue weighted by Crippen LogP contribution is -1.81. The molecule has 0 aliphatic heterocycles. The monoisotopic (exact) mass is 228 g/mol. The predicted molar refractivity (Wildman–Crippen MR) is 65.0 cm³/mol. The molecule has 76 valence electrons. The van der Waals surface area contributed by atoms with E-state index in [4.69, 9.17) is 16.3 Å². The quantitative estimate of drug-likeness (QED) is 0.771. The second kappa shape index (κ2) is 5.99. The Kier molecular flexibility index (Phi) is 4.91. The topological polar surface area (TPSA) is 9.23 Å². The lowest BCUT2D eigenvalue weighted by Gasteiger charge is -2.00. The first-order valence-electron chi connectivity index (χ1n) is 4.40. The van der Waals surface area contributed by atoms with E-state index in [1.807, 2.05) is 30.3 Å². The first-order valence-corrected chi connectivity index (χ1v) is 5.76. The summed E-state index contributed by atoms with van der Waals surface area (Å²) in [7, 11) is 1.66. The molecule has 0 unspecified atom stereocenters. The van der Waals surface area contributed by atoms with Crippen molar-refractivity contribution in [3.05, 3.63) is 34.2 Å². The maximum Gasteiger partial charge on any atom is 0.118 e. The molecule has 0 heterocycles. The molecular weight excluding hydrogens is 216 g/mol. The average molecular weight is 229 g/mol. The van der Waals surface area contributed by atoms with Crippen LogP contribution < -0.4 is 4.74 Å². The summed E-state index contributed by atoms with van der Waals surface area (Å²) < 4.78 is 5.88. The van der Waals surface area contributed by atoms with Crippen molar-refractivity contribution in [3.8, 4) is 5.75 Å². The Morgan fingerprint density at radius 2 is 2.07 bits per heavy atom. The smallest absolute Gasteiger partial charge is 0.118 e. The van der Waals surface area contributed by atoms with Gasteiger partial charge in [-0.15, -0.1) is 11.8 Å². The van der Waals surface area contributed by atoms with Crippen molar-refractivity contribution in [1.82, 2.24) is 0 Å². The van der Waals surface area contributed by atoms with Crippen LogP contribution in [0.2, 0.25) is 0 Å². The summed E-state index contributed by atoms with van der Waals surface area (Å²) in [6.45, 7) is 2.08. The van der Waals surface area contributed by atoms with Crippen LogP contribution in [0, 0.1) is 0 Å². The summed E-state index contributed by atoms with van der Waals surface area (Å²) in [6.07, 6.45) is 1.95. The van der Waals surface area contributed by atoms with Crippen LogP contribution in [0.1, 0.15) is 12.5 Å². The molecule has 0 saturated carbocycles. The van der Waals surface area contributed by atoms with E-state index in [9.17, 15) is 0 Å². The van der Waals surface area contributed by atoms with Gasteiger partial charge in [0.25, 0.3) is 0 Å². The fraction of sp³-hybridized carbons (Fsp3) is 0.273. The van der Waals surface area contributed by atoms with Crippen LogP contribution in [-0.4, -0.2) is 12.9 Å². The van der Waals surface area contributed by atoms with Gasteiger partial charge in [0.1, 0.15) is 5.75 Å². The summed E-state index contributed by atoms with van der Waals surface area (Å²) in [5.74, 6) is 1.85. The van der Waals surface area contributed by atoms with E-state index >= 15 is 0 Å². The molecule has 0 aromatic heterocycles. The second-order valence-electron chi connectivity index (χ2n) is 2.65. The Morgan fingerprint density at radius 3 is 2.57 bits per heavy atom. The first-order chi connectivity index (χ1) is 6.76. The number of halogens is 1. The molecule has 0 aliphatic rings. The van der Waals surface area contributed by atoms with E-state index in [0.717, 1.165) is 21.4 Å². The highest BCUT2D eigenvalue weighted by Crippen LogP contribution is 2.23. The van der Waals surface area contributed by atoms with Gasteiger partial charge >= 0.3 is 0 Å². The normalized spacial score (nSPS) is 11.5. The Bertz CT molecular complexity index is 306. The van der Waals surface area contributed by atoms with Gasteiger partial charge < -0.3 is 4.74 Å². The number of benzene rings is 1. The molecule has 0 bridgehead atoms. The largest absolute Gasteiger partial charge is 0.497 e. The number of hydrogen-bond donors (Lipinski definition) is 0. The van der Waals surface area contributed by atoms with Gasteiger partial charge in [-0.2, -0.15) is 0 Å². The van der Waals surface area contributed by atoms with E-state index in [1.165, 1.54) is 0 Å². The molecule has 0 spiro atoms. The van der Waals surface area contributed by atoms with Crippen LogP contribution >= 0.6 is 23.4 Å². The molecule has 0 amide bonds. The number of thioether (sulfide) groups is 1. The highest BCUT2D eigenvalue weighted by atomic mass is 35.5. The van der Waals surface area contributed by atoms with Gasteiger partial charge in [0, 0.05) is 0 Å². The first kappa shape index (κ1) is 11.5. The summed E-state index contributed by atoms with van der Waals surface area (Å²) in [5, 5.41) is 0. The van der Waals surface area contributed by atoms with Crippen molar-refractivity contribution in [2.75, 3.05) is 12.9 Å². The van der Waals surface area contributed by atoms with Crippen LogP contribution in [0.3, 0.4) is 0 Å². The van der Waals surface area contributed by atoms with Gasteiger partial charge in [0.2, 0.25) is 0 Å². The van der Waals surface area contributed by atoms with Gasteiger partial charge in [-0.05, 0) is 29.5 Å². The molecule has 1 aromatic rings. The molecule has 0 saturated heterocycles. The van der Waals surface area contributed by atoms with Crippen molar-refractivity contribution < 1.29 is 4.74 Å². The number of rotatable bonds is 4. The fourth-order valence-corrected chi connectivity index (χ4v) is 1.96. The molecule has 1 nitrogen and oxygen atoms in total. The van der Waals surface area contributed by atoms with E-state index in [1.54, 1.807) is 18.9 Å². The zero-order chi connectivity index (χ0) is 10.4. The SMILES string of the molecule is CCS/C(Cl)=C\c1ccc(OC)cc1. The maximum atomic E-state index is 5.98. The van der Waals surface area contributed by atoms with Crippen molar-refractivity contribution in [2.45, 2.75) is 6.92 Å². The second-order valence-corrected chi connectivity index (χ2v) is 4.59. The minimum atomic E-state index is 0.817. The Morgan fingerprint density at radius 1 is 1.43 bits per heavy atom. The van der Waals surface area contributed by atoms with Crippen molar-refractivity contribution in [3.63, 3.8) is 0 Å². The number of methoxy groups -OCH3 is 1. The van der Waals surface area contributed by atoms with Crippen LogP contribution in [0.15, 0.2) is 28.6 Å². The third-order valence-electron chi connectivity index (χ3n) is 1.68. The van der Waals surface area contributed by atoms with Crippen LogP contribution in [-0.2, 0) is 0 Å². The lowest BCUT2D eigenvalue weighted by atomic mass is 10.2. The molecule has 0 fully saturated rings. The third-order valence-corrected chi connectivity index (χ3v) is 2.80. The van der Waals surface area contributed by atoms with Gasteiger partial charge in [0.05, 0.1) is 11.5 Å². The van der Waals surface area contributed by atoms with Gasteiger partial charge in [-0.3, -0.25) is 0 Å². The molecule has 14 heavy (non-hydrogen) atoms. The van der Waals surface area contributed by atoms with E-state index < -0.39 is 0 Å². The average Bonchev–Trinajstić information content (AvgIpc) is 2.19. The minimum Gasteiger partial charge on any atom is -0.497 e. The lowest BCUT2D eigenvalue weighted by molar-refractivity contribution is 0.415. The minimum absolute atomic E-state index is 0.817. The molecule has 0 atom stereocenters. The number of ether oxygens (including phenoxy) is 1. The highest BCUT2D eigenvalue weighted by Gasteiger charge is 1.94. The summed E-state index contributed by atoms with van der Waals surface area (Å²) in [6, 6.07) is 7.81. The molecule has 0 N–H and O–H groups in total. The van der Waals surface area contributed by atoms with Crippen molar-refractivity contribution in [1.29, 1.82) is 0 Å².